The van der Waals surface area contributed by atoms with Crippen molar-refractivity contribution in [3.63, 3.8) is 0 Å². The Labute approximate surface area is 158 Å². The van der Waals surface area contributed by atoms with Gasteiger partial charge in [0.1, 0.15) is 5.69 Å². The molecule has 0 spiro atoms. The number of carbonyl (C=O) groups is 2. The van der Waals surface area contributed by atoms with Crippen molar-refractivity contribution in [2.75, 3.05) is 0 Å². The fourth-order valence-corrected chi connectivity index (χ4v) is 3.40. The highest BCUT2D eigenvalue weighted by atomic mass is 16.4. The first-order chi connectivity index (χ1) is 12.7. The molecule has 0 aliphatic heterocycles. The predicted octanol–water partition coefficient (Wildman–Crippen LogP) is 3.52. The molecule has 1 heterocycles. The van der Waals surface area contributed by atoms with E-state index in [2.05, 4.69) is 9.97 Å². The lowest BCUT2D eigenvalue weighted by atomic mass is 9.75. The van der Waals surface area contributed by atoms with E-state index in [1.807, 2.05) is 37.3 Å². The summed E-state index contributed by atoms with van der Waals surface area (Å²) in [7, 11) is 0. The molecular weight excluding hydrogens is 342 g/mol. The molecule has 2 aromatic rings. The summed E-state index contributed by atoms with van der Waals surface area (Å²) in [5.41, 5.74) is 9.87. The molecule has 0 saturated heterocycles. The lowest BCUT2D eigenvalue weighted by Gasteiger charge is -2.28. The molecular formula is C21H23N3O3. The van der Waals surface area contributed by atoms with Crippen LogP contribution in [-0.2, 0) is 4.79 Å². The van der Waals surface area contributed by atoms with Crippen LogP contribution in [-0.4, -0.2) is 27.0 Å². The minimum Gasteiger partial charge on any atom is -0.481 e. The molecule has 1 aromatic carbocycles. The number of benzene rings is 1. The Kier molecular flexibility index (Phi) is 4.83. The molecule has 6 nitrogen and oxygen atoms in total. The maximum atomic E-state index is 11.5. The van der Waals surface area contributed by atoms with Gasteiger partial charge in [-0.25, -0.2) is 4.98 Å². The quantitative estimate of drug-likeness (QED) is 0.862. The van der Waals surface area contributed by atoms with E-state index in [4.69, 9.17) is 5.73 Å². The molecule has 0 bridgehead atoms. The third-order valence-corrected chi connectivity index (χ3v) is 5.27. The van der Waals surface area contributed by atoms with Crippen molar-refractivity contribution >= 4 is 17.4 Å². The first-order valence-corrected chi connectivity index (χ1v) is 8.89. The number of nitrogens with two attached hydrogens (primary N) is 1. The zero-order valence-electron chi connectivity index (χ0n) is 15.7. The number of rotatable bonds is 4. The van der Waals surface area contributed by atoms with E-state index in [1.54, 1.807) is 13.8 Å². The largest absolute Gasteiger partial charge is 0.481 e. The maximum absolute atomic E-state index is 11.5. The van der Waals surface area contributed by atoms with Crippen LogP contribution in [0.25, 0.3) is 16.8 Å². The number of nitrogens with zero attached hydrogens (tertiary/aromatic N) is 2. The van der Waals surface area contributed by atoms with E-state index >= 15 is 0 Å². The van der Waals surface area contributed by atoms with Gasteiger partial charge in [0.2, 0.25) is 0 Å². The number of allylic oxidation sites excluding steroid dienone is 2. The van der Waals surface area contributed by atoms with Gasteiger partial charge in [-0.05, 0) is 51.2 Å². The Morgan fingerprint density at radius 1 is 1.07 bits per heavy atom. The highest BCUT2D eigenvalue weighted by molar-refractivity contribution is 5.92. The summed E-state index contributed by atoms with van der Waals surface area (Å²) in [6.07, 6.45) is 3.91. The van der Waals surface area contributed by atoms with Crippen LogP contribution in [0.15, 0.2) is 30.3 Å². The van der Waals surface area contributed by atoms with Crippen LogP contribution in [0.4, 0.5) is 0 Å². The topological polar surface area (TPSA) is 106 Å². The van der Waals surface area contributed by atoms with Gasteiger partial charge >= 0.3 is 5.97 Å². The van der Waals surface area contributed by atoms with Gasteiger partial charge in [-0.15, -0.1) is 0 Å². The lowest BCUT2D eigenvalue weighted by Crippen LogP contribution is -2.28. The van der Waals surface area contributed by atoms with E-state index in [0.29, 0.717) is 24.2 Å². The van der Waals surface area contributed by atoms with Gasteiger partial charge < -0.3 is 10.8 Å². The van der Waals surface area contributed by atoms with E-state index in [9.17, 15) is 14.7 Å². The number of carboxylic acids is 1. The fraction of sp³-hybridized carbons (Fsp3) is 0.333. The first-order valence-electron chi connectivity index (χ1n) is 8.89. The Bertz CT molecular complexity index is 948. The van der Waals surface area contributed by atoms with Crippen molar-refractivity contribution in [2.45, 2.75) is 40.0 Å². The van der Waals surface area contributed by atoms with Crippen LogP contribution >= 0.6 is 0 Å². The number of aryl methyl sites for hydroxylation is 2. The number of aliphatic carboxylic acids is 1. The Morgan fingerprint density at radius 2 is 1.70 bits per heavy atom. The minimum absolute atomic E-state index is 0.183. The Morgan fingerprint density at radius 3 is 2.22 bits per heavy atom. The molecule has 1 atom stereocenters. The zero-order chi connectivity index (χ0) is 19.8. The van der Waals surface area contributed by atoms with Crippen molar-refractivity contribution in [2.24, 2.45) is 11.1 Å². The van der Waals surface area contributed by atoms with Crippen LogP contribution in [0.2, 0.25) is 0 Å². The summed E-state index contributed by atoms with van der Waals surface area (Å²) in [6, 6.07) is 7.88. The van der Waals surface area contributed by atoms with Gasteiger partial charge in [0.15, 0.2) is 0 Å². The predicted molar refractivity (Wildman–Crippen MR) is 103 cm³/mol. The minimum atomic E-state index is -0.744. The fourth-order valence-electron chi connectivity index (χ4n) is 3.40. The third kappa shape index (κ3) is 3.60. The van der Waals surface area contributed by atoms with E-state index < -0.39 is 17.3 Å². The first kappa shape index (κ1) is 18.8. The summed E-state index contributed by atoms with van der Waals surface area (Å²) in [6.45, 7) is 5.36. The highest BCUT2D eigenvalue weighted by Crippen LogP contribution is 2.39. The van der Waals surface area contributed by atoms with Gasteiger partial charge in [-0.3, -0.25) is 14.6 Å². The number of hydrogen-bond donors (Lipinski definition) is 2. The molecule has 0 fully saturated rings. The second kappa shape index (κ2) is 6.95. The average molecular weight is 365 g/mol. The summed E-state index contributed by atoms with van der Waals surface area (Å²) in [4.78, 5) is 31.7. The number of aromatic nitrogens is 2. The van der Waals surface area contributed by atoms with Crippen molar-refractivity contribution in [3.05, 3.63) is 53.0 Å². The number of hydrogen-bond acceptors (Lipinski definition) is 4. The number of carbonyl (C=O) groups excluding carboxylic acids is 1. The molecule has 140 valence electrons. The van der Waals surface area contributed by atoms with Crippen LogP contribution in [0, 0.1) is 19.3 Å². The lowest BCUT2D eigenvalue weighted by molar-refractivity contribution is -0.148. The van der Waals surface area contributed by atoms with Gasteiger partial charge in [0, 0.05) is 5.56 Å². The molecule has 1 amide bonds. The standard InChI is InChI=1S/C21H23N3O3/c1-12-17(24-18(19(22)25)13(2)23-12)16-6-4-14(5-7-16)15-8-10-21(3,11-9-15)20(26)27/h4-8H,9-11H2,1-3H3,(H2,22,25)(H,26,27). The normalized spacial score (nSPS) is 19.4. The van der Waals surface area contributed by atoms with Crippen molar-refractivity contribution in [3.8, 4) is 11.3 Å². The second-order valence-electron chi connectivity index (χ2n) is 7.33. The van der Waals surface area contributed by atoms with Crippen molar-refractivity contribution in [1.82, 2.24) is 9.97 Å². The Hall–Kier alpha value is -3.02. The monoisotopic (exact) mass is 365 g/mol. The van der Waals surface area contributed by atoms with E-state index in [-0.39, 0.29) is 5.69 Å². The average Bonchev–Trinajstić information content (AvgIpc) is 2.62. The molecule has 1 aromatic heterocycles. The molecule has 0 radical (unpaired) electrons. The molecule has 3 N–H and O–H groups in total. The van der Waals surface area contributed by atoms with Gasteiger partial charge in [-0.2, -0.15) is 0 Å². The maximum Gasteiger partial charge on any atom is 0.309 e. The van der Waals surface area contributed by atoms with Gasteiger partial charge in [0.05, 0.1) is 22.5 Å². The smallest absolute Gasteiger partial charge is 0.309 e. The van der Waals surface area contributed by atoms with E-state index in [1.165, 1.54) is 0 Å². The molecule has 6 heteroatoms. The third-order valence-electron chi connectivity index (χ3n) is 5.27. The molecule has 1 aliphatic carbocycles. The highest BCUT2D eigenvalue weighted by Gasteiger charge is 2.34. The summed E-state index contributed by atoms with van der Waals surface area (Å²) in [5, 5.41) is 9.35. The summed E-state index contributed by atoms with van der Waals surface area (Å²) >= 11 is 0. The SMILES string of the molecule is Cc1nc(C)c(-c2ccc(C3=CCC(C)(C(=O)O)CC3)cc2)nc1C(N)=O. The summed E-state index contributed by atoms with van der Waals surface area (Å²) in [5.74, 6) is -1.33. The van der Waals surface area contributed by atoms with Crippen LogP contribution in [0.5, 0.6) is 0 Å². The molecule has 0 saturated carbocycles. The second-order valence-corrected chi connectivity index (χ2v) is 7.33. The van der Waals surface area contributed by atoms with Crippen LogP contribution in [0.3, 0.4) is 0 Å². The molecule has 1 aliphatic rings. The molecule has 1 unspecified atom stereocenters. The van der Waals surface area contributed by atoms with Gasteiger partial charge in [0.25, 0.3) is 5.91 Å². The molecule has 27 heavy (non-hydrogen) atoms. The Balaban J connectivity index is 1.89. The molecule has 3 rings (SSSR count). The van der Waals surface area contributed by atoms with E-state index in [0.717, 1.165) is 28.8 Å². The van der Waals surface area contributed by atoms with Gasteiger partial charge in [-0.1, -0.05) is 30.3 Å². The number of primary amides is 1. The number of amides is 1. The van der Waals surface area contributed by atoms with Crippen molar-refractivity contribution < 1.29 is 14.7 Å². The zero-order valence-corrected chi connectivity index (χ0v) is 15.7. The van der Waals surface area contributed by atoms with Crippen LogP contribution < -0.4 is 5.73 Å². The van der Waals surface area contributed by atoms with Crippen LogP contribution in [0.1, 0.15) is 53.6 Å². The van der Waals surface area contributed by atoms with Crippen molar-refractivity contribution in [1.29, 1.82) is 0 Å². The number of carboxylic acid groups (broad SMARTS) is 1. The summed E-state index contributed by atoms with van der Waals surface area (Å²) < 4.78 is 0.